The maximum Gasteiger partial charge on any atom is 0.407 e. The SMILES string of the molecule is CC(C)[C@@H](NC(=O)[C@H]1CC[C@@H](NC(=O)OCC2c3ccccc3-c3ccccc32)C1)C(=O)O. The van der Waals surface area contributed by atoms with Crippen molar-refractivity contribution in [2.45, 2.75) is 51.1 Å². The minimum atomic E-state index is -1.04. The Morgan fingerprint density at radius 3 is 2.18 bits per heavy atom. The van der Waals surface area contributed by atoms with E-state index in [0.717, 1.165) is 11.1 Å². The van der Waals surface area contributed by atoms with Gasteiger partial charge in [0.05, 0.1) is 0 Å². The highest BCUT2D eigenvalue weighted by molar-refractivity contribution is 5.85. The van der Waals surface area contributed by atoms with Gasteiger partial charge in [-0.15, -0.1) is 0 Å². The Morgan fingerprint density at radius 2 is 1.61 bits per heavy atom. The van der Waals surface area contributed by atoms with Gasteiger partial charge in [0.25, 0.3) is 0 Å². The molecule has 0 aromatic heterocycles. The Morgan fingerprint density at radius 1 is 1.00 bits per heavy atom. The molecule has 0 aliphatic heterocycles. The number of rotatable bonds is 7. The van der Waals surface area contributed by atoms with E-state index in [9.17, 15) is 19.5 Å². The van der Waals surface area contributed by atoms with E-state index < -0.39 is 18.1 Å². The lowest BCUT2D eigenvalue weighted by molar-refractivity contribution is -0.143. The van der Waals surface area contributed by atoms with Crippen molar-refractivity contribution in [2.75, 3.05) is 6.61 Å². The molecule has 7 heteroatoms. The van der Waals surface area contributed by atoms with Gasteiger partial charge in [0, 0.05) is 17.9 Å². The van der Waals surface area contributed by atoms with Crippen LogP contribution in [-0.4, -0.2) is 41.8 Å². The summed E-state index contributed by atoms with van der Waals surface area (Å²) in [5.41, 5.74) is 4.66. The van der Waals surface area contributed by atoms with Crippen molar-refractivity contribution in [2.24, 2.45) is 11.8 Å². The van der Waals surface area contributed by atoms with Crippen LogP contribution in [-0.2, 0) is 14.3 Å². The van der Waals surface area contributed by atoms with E-state index in [1.165, 1.54) is 11.1 Å². The van der Waals surface area contributed by atoms with E-state index in [2.05, 4.69) is 34.9 Å². The van der Waals surface area contributed by atoms with Crippen molar-refractivity contribution in [3.8, 4) is 11.1 Å². The smallest absolute Gasteiger partial charge is 0.407 e. The Bertz CT molecular complexity index is 1000. The van der Waals surface area contributed by atoms with Crippen LogP contribution < -0.4 is 10.6 Å². The highest BCUT2D eigenvalue weighted by atomic mass is 16.5. The molecular formula is C26H30N2O5. The van der Waals surface area contributed by atoms with Crippen LogP contribution in [0, 0.1) is 11.8 Å². The van der Waals surface area contributed by atoms with Crippen LogP contribution in [0.5, 0.6) is 0 Å². The monoisotopic (exact) mass is 450 g/mol. The molecule has 0 heterocycles. The second-order valence-corrected chi connectivity index (χ2v) is 9.25. The van der Waals surface area contributed by atoms with E-state index in [4.69, 9.17) is 4.74 Å². The maximum atomic E-state index is 12.5. The molecule has 2 aromatic carbocycles. The molecule has 2 aromatic rings. The van der Waals surface area contributed by atoms with Crippen molar-refractivity contribution in [3.63, 3.8) is 0 Å². The topological polar surface area (TPSA) is 105 Å². The van der Waals surface area contributed by atoms with Crippen molar-refractivity contribution >= 4 is 18.0 Å². The van der Waals surface area contributed by atoms with Gasteiger partial charge in [-0.05, 0) is 47.4 Å². The zero-order valence-corrected chi connectivity index (χ0v) is 18.9. The molecule has 0 spiro atoms. The van der Waals surface area contributed by atoms with Gasteiger partial charge < -0.3 is 20.5 Å². The number of fused-ring (bicyclic) bond motifs is 3. The molecular weight excluding hydrogens is 420 g/mol. The fourth-order valence-corrected chi connectivity index (χ4v) is 4.94. The highest BCUT2D eigenvalue weighted by Crippen LogP contribution is 2.44. The lowest BCUT2D eigenvalue weighted by Crippen LogP contribution is -2.46. The number of ether oxygens (including phenoxy) is 1. The summed E-state index contributed by atoms with van der Waals surface area (Å²) in [6, 6.07) is 15.3. The van der Waals surface area contributed by atoms with E-state index in [-0.39, 0.29) is 36.3 Å². The largest absolute Gasteiger partial charge is 0.480 e. The average molecular weight is 451 g/mol. The number of amides is 2. The van der Waals surface area contributed by atoms with Crippen molar-refractivity contribution < 1.29 is 24.2 Å². The fraction of sp³-hybridized carbons (Fsp3) is 0.423. The molecule has 0 saturated heterocycles. The van der Waals surface area contributed by atoms with Gasteiger partial charge in [0.2, 0.25) is 5.91 Å². The third kappa shape index (κ3) is 4.87. The number of hydrogen-bond donors (Lipinski definition) is 3. The number of carboxylic acid groups (broad SMARTS) is 1. The molecule has 2 amide bonds. The number of carbonyl (C=O) groups is 3. The zero-order valence-electron chi connectivity index (χ0n) is 18.9. The Labute approximate surface area is 193 Å². The number of carbonyl (C=O) groups excluding carboxylic acids is 2. The van der Waals surface area contributed by atoms with Crippen LogP contribution >= 0.6 is 0 Å². The van der Waals surface area contributed by atoms with Crippen LogP contribution in [0.1, 0.15) is 50.2 Å². The van der Waals surface area contributed by atoms with Gasteiger partial charge in [0.15, 0.2) is 0 Å². The third-order valence-corrected chi connectivity index (χ3v) is 6.70. The van der Waals surface area contributed by atoms with E-state index >= 15 is 0 Å². The number of carboxylic acids is 1. The summed E-state index contributed by atoms with van der Waals surface area (Å²) in [7, 11) is 0. The Kier molecular flexibility index (Phi) is 6.67. The molecule has 4 rings (SSSR count). The normalized spacial score (nSPS) is 20.1. The lowest BCUT2D eigenvalue weighted by Gasteiger charge is -2.20. The van der Waals surface area contributed by atoms with Gasteiger partial charge in [-0.1, -0.05) is 62.4 Å². The van der Waals surface area contributed by atoms with Gasteiger partial charge in [-0.25, -0.2) is 9.59 Å². The standard InChI is InChI=1S/C26H30N2O5/c1-15(2)23(25(30)31)28-24(29)16-11-12-17(13-16)27-26(32)33-14-22-20-9-5-3-7-18(20)19-8-4-6-10-21(19)22/h3-10,15-17,22-23H,11-14H2,1-2H3,(H,27,32)(H,28,29)(H,30,31)/t16-,17+,23+/m0/s1. The highest BCUT2D eigenvalue weighted by Gasteiger charge is 2.34. The van der Waals surface area contributed by atoms with Crippen LogP contribution in [0.25, 0.3) is 11.1 Å². The quantitative estimate of drug-likeness (QED) is 0.593. The van der Waals surface area contributed by atoms with E-state index in [1.807, 2.05) is 24.3 Å². The zero-order chi connectivity index (χ0) is 23.5. The fourth-order valence-electron chi connectivity index (χ4n) is 4.94. The maximum absolute atomic E-state index is 12.5. The molecule has 2 aliphatic rings. The van der Waals surface area contributed by atoms with Crippen LogP contribution in [0.4, 0.5) is 4.79 Å². The third-order valence-electron chi connectivity index (χ3n) is 6.70. The summed E-state index contributed by atoms with van der Waals surface area (Å²) < 4.78 is 5.60. The van der Waals surface area contributed by atoms with Gasteiger partial charge in [-0.3, -0.25) is 4.79 Å². The first kappa shape index (κ1) is 22.8. The second kappa shape index (κ2) is 9.65. The first-order valence-corrected chi connectivity index (χ1v) is 11.5. The van der Waals surface area contributed by atoms with Gasteiger partial charge >= 0.3 is 12.1 Å². The molecule has 33 heavy (non-hydrogen) atoms. The summed E-state index contributed by atoms with van der Waals surface area (Å²) in [6.45, 7) is 3.76. The van der Waals surface area contributed by atoms with Crippen molar-refractivity contribution in [1.29, 1.82) is 0 Å². The summed E-state index contributed by atoms with van der Waals surface area (Å²) in [4.78, 5) is 36.4. The second-order valence-electron chi connectivity index (χ2n) is 9.25. The molecule has 0 bridgehead atoms. The Balaban J connectivity index is 1.30. The number of nitrogens with one attached hydrogen (secondary N) is 2. The molecule has 0 unspecified atom stereocenters. The van der Waals surface area contributed by atoms with E-state index in [1.54, 1.807) is 13.8 Å². The molecule has 3 atom stereocenters. The van der Waals surface area contributed by atoms with Crippen molar-refractivity contribution in [3.05, 3.63) is 59.7 Å². The summed E-state index contributed by atoms with van der Waals surface area (Å²) >= 11 is 0. The minimum Gasteiger partial charge on any atom is -0.480 e. The van der Waals surface area contributed by atoms with E-state index in [0.29, 0.717) is 19.3 Å². The van der Waals surface area contributed by atoms with Crippen LogP contribution in [0.2, 0.25) is 0 Å². The molecule has 0 radical (unpaired) electrons. The predicted octanol–water partition coefficient (Wildman–Crippen LogP) is 3.92. The Hall–Kier alpha value is -3.35. The van der Waals surface area contributed by atoms with Gasteiger partial charge in [0.1, 0.15) is 12.6 Å². The first-order chi connectivity index (χ1) is 15.8. The molecule has 174 valence electrons. The number of hydrogen-bond acceptors (Lipinski definition) is 4. The van der Waals surface area contributed by atoms with Crippen molar-refractivity contribution in [1.82, 2.24) is 10.6 Å². The van der Waals surface area contributed by atoms with Crippen LogP contribution in [0.15, 0.2) is 48.5 Å². The van der Waals surface area contributed by atoms with Crippen LogP contribution in [0.3, 0.4) is 0 Å². The molecule has 2 aliphatic carbocycles. The predicted molar refractivity (Wildman–Crippen MR) is 124 cm³/mol. The van der Waals surface area contributed by atoms with Gasteiger partial charge in [-0.2, -0.15) is 0 Å². The molecule has 1 fully saturated rings. The molecule has 1 saturated carbocycles. The molecule has 3 N–H and O–H groups in total. The first-order valence-electron chi connectivity index (χ1n) is 11.5. The number of benzene rings is 2. The average Bonchev–Trinajstić information content (AvgIpc) is 3.38. The number of aliphatic carboxylic acids is 1. The minimum absolute atomic E-state index is 0.00533. The molecule has 7 nitrogen and oxygen atoms in total. The summed E-state index contributed by atoms with van der Waals surface area (Å²) in [5.74, 6) is -1.83. The summed E-state index contributed by atoms with van der Waals surface area (Å²) in [5, 5.41) is 14.8. The lowest BCUT2D eigenvalue weighted by atomic mass is 9.98. The summed E-state index contributed by atoms with van der Waals surface area (Å²) in [6.07, 6.45) is 1.24. The number of alkyl carbamates (subject to hydrolysis) is 1.